The molecule has 1 atom stereocenters. The summed E-state index contributed by atoms with van der Waals surface area (Å²) in [6.45, 7) is 15.1. The molecule has 2 fully saturated rings. The van der Waals surface area contributed by atoms with E-state index in [1.807, 2.05) is 0 Å². The van der Waals surface area contributed by atoms with Gasteiger partial charge in [0.05, 0.1) is 12.5 Å². The number of rotatable bonds is 8. The van der Waals surface area contributed by atoms with Crippen molar-refractivity contribution in [1.82, 2.24) is 25.3 Å². The molecule has 2 aliphatic heterocycles. The molecule has 1 aromatic heterocycles. The van der Waals surface area contributed by atoms with Crippen molar-refractivity contribution in [3.05, 3.63) is 71.1 Å². The predicted molar refractivity (Wildman–Crippen MR) is 158 cm³/mol. The van der Waals surface area contributed by atoms with Gasteiger partial charge in [0, 0.05) is 25.2 Å². The van der Waals surface area contributed by atoms with Crippen LogP contribution in [-0.2, 0) is 29.8 Å². The van der Waals surface area contributed by atoms with Crippen molar-refractivity contribution in [2.75, 3.05) is 26.2 Å². The van der Waals surface area contributed by atoms with Gasteiger partial charge in [-0.2, -0.15) is 4.98 Å². The van der Waals surface area contributed by atoms with Crippen LogP contribution >= 0.6 is 0 Å². The highest BCUT2D eigenvalue weighted by Gasteiger charge is 2.27. The first-order chi connectivity index (χ1) is 19.2. The first-order valence-electron chi connectivity index (χ1n) is 15.0. The molecule has 1 unspecified atom stereocenters. The minimum absolute atomic E-state index is 0.0261. The van der Waals surface area contributed by atoms with Crippen molar-refractivity contribution < 1.29 is 9.32 Å². The Kier molecular flexibility index (Phi) is 9.01. The fourth-order valence-corrected chi connectivity index (χ4v) is 5.73. The Labute approximate surface area is 239 Å². The number of nitrogens with one attached hydrogen (secondary N) is 1. The summed E-state index contributed by atoms with van der Waals surface area (Å²) in [5.74, 6) is 2.16. The summed E-state index contributed by atoms with van der Waals surface area (Å²) in [4.78, 5) is 22.5. The van der Waals surface area contributed by atoms with Crippen LogP contribution in [-0.4, -0.2) is 52.0 Å². The number of piperidine rings is 2. The molecule has 3 heterocycles. The van der Waals surface area contributed by atoms with Gasteiger partial charge >= 0.3 is 0 Å². The van der Waals surface area contributed by atoms with E-state index in [0.717, 1.165) is 43.0 Å². The molecule has 0 aliphatic carbocycles. The Morgan fingerprint density at radius 2 is 1.62 bits per heavy atom. The molecule has 2 saturated heterocycles. The van der Waals surface area contributed by atoms with Crippen molar-refractivity contribution in [1.29, 1.82) is 0 Å². The van der Waals surface area contributed by atoms with E-state index >= 15 is 0 Å². The topological polar surface area (TPSA) is 74.5 Å². The van der Waals surface area contributed by atoms with E-state index in [1.54, 1.807) is 0 Å². The summed E-state index contributed by atoms with van der Waals surface area (Å²) in [6.07, 6.45) is 4.48. The molecule has 0 radical (unpaired) electrons. The highest BCUT2D eigenvalue weighted by Crippen LogP contribution is 2.26. The Morgan fingerprint density at radius 3 is 2.33 bits per heavy atom. The number of amides is 1. The Balaban J connectivity index is 1.08. The van der Waals surface area contributed by atoms with Crippen LogP contribution in [0.1, 0.15) is 76.0 Å². The fraction of sp³-hybridized carbons (Fsp3) is 0.545. The van der Waals surface area contributed by atoms with Crippen LogP contribution in [0.5, 0.6) is 0 Å². The smallest absolute Gasteiger partial charge is 0.241 e. The van der Waals surface area contributed by atoms with Gasteiger partial charge in [-0.05, 0) is 73.3 Å². The lowest BCUT2D eigenvalue weighted by Gasteiger charge is -2.31. The zero-order valence-corrected chi connectivity index (χ0v) is 24.7. The quantitative estimate of drug-likeness (QED) is 0.387. The van der Waals surface area contributed by atoms with E-state index in [4.69, 9.17) is 4.52 Å². The average molecular weight is 544 g/mol. The highest BCUT2D eigenvalue weighted by molar-refractivity contribution is 5.79. The van der Waals surface area contributed by atoms with Gasteiger partial charge in [0.15, 0.2) is 0 Å². The van der Waals surface area contributed by atoms with Crippen LogP contribution in [0.2, 0.25) is 0 Å². The molecule has 2 aliphatic rings. The van der Waals surface area contributed by atoms with Crippen molar-refractivity contribution >= 4 is 5.91 Å². The van der Waals surface area contributed by atoms with Crippen molar-refractivity contribution in [2.24, 2.45) is 11.8 Å². The van der Waals surface area contributed by atoms with Gasteiger partial charge in [-0.3, -0.25) is 14.6 Å². The first-order valence-corrected chi connectivity index (χ1v) is 15.0. The summed E-state index contributed by atoms with van der Waals surface area (Å²) in [6, 6.07) is 17.1. The zero-order valence-electron chi connectivity index (χ0n) is 24.7. The van der Waals surface area contributed by atoms with E-state index in [2.05, 4.69) is 101 Å². The van der Waals surface area contributed by atoms with Crippen molar-refractivity contribution in [2.45, 2.75) is 78.4 Å². The second-order valence-electron chi connectivity index (χ2n) is 12.9. The molecule has 0 saturated carbocycles. The molecule has 2 aromatic carbocycles. The number of carbonyl (C=O) groups is 1. The third-order valence-corrected chi connectivity index (χ3v) is 8.48. The predicted octanol–water partition coefficient (Wildman–Crippen LogP) is 5.79. The number of benzene rings is 2. The average Bonchev–Trinajstić information content (AvgIpc) is 3.42. The molecule has 7 nitrogen and oxygen atoms in total. The van der Waals surface area contributed by atoms with Crippen LogP contribution in [0.25, 0.3) is 11.4 Å². The number of nitrogens with zero attached hydrogens (tertiary/aromatic N) is 4. The number of hydrogen-bond acceptors (Lipinski definition) is 6. The largest absolute Gasteiger partial charge is 0.352 e. The number of carbonyl (C=O) groups excluding carboxylic acids is 1. The number of hydrogen-bond donors (Lipinski definition) is 1. The van der Waals surface area contributed by atoms with Gasteiger partial charge < -0.3 is 9.84 Å². The van der Waals surface area contributed by atoms with Gasteiger partial charge in [0.25, 0.3) is 0 Å². The maximum Gasteiger partial charge on any atom is 0.241 e. The van der Waals surface area contributed by atoms with Crippen LogP contribution in [0.15, 0.2) is 53.1 Å². The molecule has 3 aromatic rings. The van der Waals surface area contributed by atoms with E-state index in [0.29, 0.717) is 31.3 Å². The summed E-state index contributed by atoms with van der Waals surface area (Å²) >= 11 is 0. The fourth-order valence-electron chi connectivity index (χ4n) is 5.73. The standard InChI is InChI=1S/C33H45N5O2/c1-24-15-18-37(19-16-24)21-26-9-7-25(8-10-26)20-34-32(39)28-6-5-17-38(22-28)23-30-35-31(36-40-30)27-11-13-29(14-12-27)33(2,3)4/h7-14,24,28H,5-6,15-23H2,1-4H3,(H,34,39). The van der Waals surface area contributed by atoms with E-state index in [9.17, 15) is 4.79 Å². The number of aromatic nitrogens is 2. The summed E-state index contributed by atoms with van der Waals surface area (Å²) in [5.41, 5.74) is 4.82. The SMILES string of the molecule is CC1CCN(Cc2ccc(CNC(=O)C3CCCN(Cc4nc(-c5ccc(C(C)(C)C)cc5)no4)C3)cc2)CC1. The molecular weight excluding hydrogens is 498 g/mol. The van der Waals surface area contributed by atoms with Crippen LogP contribution in [0.4, 0.5) is 0 Å². The van der Waals surface area contributed by atoms with Gasteiger partial charge in [0.1, 0.15) is 0 Å². The monoisotopic (exact) mass is 543 g/mol. The van der Waals surface area contributed by atoms with Gasteiger partial charge in [-0.15, -0.1) is 0 Å². The van der Waals surface area contributed by atoms with Gasteiger partial charge in [-0.25, -0.2) is 0 Å². The maximum absolute atomic E-state index is 13.0. The molecular formula is C33H45N5O2. The second-order valence-corrected chi connectivity index (χ2v) is 12.9. The molecule has 1 N–H and O–H groups in total. The molecule has 40 heavy (non-hydrogen) atoms. The molecule has 214 valence electrons. The summed E-state index contributed by atoms with van der Waals surface area (Å²) in [7, 11) is 0. The second kappa shape index (κ2) is 12.6. The molecule has 7 heteroatoms. The highest BCUT2D eigenvalue weighted by atomic mass is 16.5. The third-order valence-electron chi connectivity index (χ3n) is 8.48. The van der Waals surface area contributed by atoms with Gasteiger partial charge in [-0.1, -0.05) is 81.4 Å². The maximum atomic E-state index is 13.0. The van der Waals surface area contributed by atoms with Crippen LogP contribution < -0.4 is 5.32 Å². The van der Waals surface area contributed by atoms with Crippen molar-refractivity contribution in [3.8, 4) is 11.4 Å². The van der Waals surface area contributed by atoms with Gasteiger partial charge in [0.2, 0.25) is 17.6 Å². The lowest BCUT2D eigenvalue weighted by Crippen LogP contribution is -2.42. The van der Waals surface area contributed by atoms with Crippen LogP contribution in [0, 0.1) is 11.8 Å². The molecule has 1 amide bonds. The first kappa shape index (κ1) is 28.5. The zero-order chi connectivity index (χ0) is 28.1. The Morgan fingerprint density at radius 1 is 0.925 bits per heavy atom. The molecule has 0 bridgehead atoms. The minimum atomic E-state index is -0.0261. The van der Waals surface area contributed by atoms with Crippen LogP contribution in [0.3, 0.4) is 0 Å². The lowest BCUT2D eigenvalue weighted by molar-refractivity contribution is -0.127. The molecule has 0 spiro atoms. The number of likely N-dealkylation sites (tertiary alicyclic amines) is 2. The Hall–Kier alpha value is -3.03. The lowest BCUT2D eigenvalue weighted by atomic mass is 9.87. The molecule has 5 rings (SSSR count). The minimum Gasteiger partial charge on any atom is -0.352 e. The summed E-state index contributed by atoms with van der Waals surface area (Å²) in [5, 5.41) is 7.38. The summed E-state index contributed by atoms with van der Waals surface area (Å²) < 4.78 is 5.58. The van der Waals surface area contributed by atoms with E-state index in [1.165, 1.54) is 37.1 Å². The normalized spacial score (nSPS) is 19.6. The third kappa shape index (κ3) is 7.58. The van der Waals surface area contributed by atoms with E-state index in [-0.39, 0.29) is 17.2 Å². The van der Waals surface area contributed by atoms with Crippen molar-refractivity contribution in [3.63, 3.8) is 0 Å². The van der Waals surface area contributed by atoms with E-state index < -0.39 is 0 Å². The Bertz CT molecular complexity index is 1240.